The van der Waals surface area contributed by atoms with Gasteiger partial charge in [-0.1, -0.05) is 46.6 Å². The Bertz CT molecular complexity index is 933. The van der Waals surface area contributed by atoms with E-state index in [2.05, 4.69) is 26.0 Å². The van der Waals surface area contributed by atoms with E-state index in [4.69, 9.17) is 0 Å². The molecule has 1 aliphatic rings. The van der Waals surface area contributed by atoms with Crippen LogP contribution in [0.2, 0.25) is 0 Å². The number of nitrogens with one attached hydrogen (secondary N) is 1. The van der Waals surface area contributed by atoms with Crippen molar-refractivity contribution >= 4 is 27.7 Å². The number of halogens is 4. The van der Waals surface area contributed by atoms with Crippen LogP contribution in [0, 0.1) is 11.8 Å². The van der Waals surface area contributed by atoms with E-state index in [9.17, 15) is 22.8 Å². The third-order valence-electron chi connectivity index (χ3n) is 5.50. The lowest BCUT2D eigenvalue weighted by molar-refractivity contribution is -0.274. The Morgan fingerprint density at radius 1 is 1.03 bits per heavy atom. The molecule has 1 saturated carbocycles. The van der Waals surface area contributed by atoms with Crippen LogP contribution in [0.25, 0.3) is 0 Å². The summed E-state index contributed by atoms with van der Waals surface area (Å²) in [7, 11) is 1.64. The van der Waals surface area contributed by atoms with Gasteiger partial charge in [0.25, 0.3) is 0 Å². The molecule has 2 aromatic carbocycles. The van der Waals surface area contributed by atoms with Gasteiger partial charge in [0.05, 0.1) is 0 Å². The van der Waals surface area contributed by atoms with Gasteiger partial charge in [0.1, 0.15) is 5.75 Å². The molecule has 5 nitrogen and oxygen atoms in total. The van der Waals surface area contributed by atoms with E-state index >= 15 is 0 Å². The topological polar surface area (TPSA) is 58.6 Å². The molecule has 0 heterocycles. The largest absolute Gasteiger partial charge is 0.573 e. The zero-order valence-corrected chi connectivity index (χ0v) is 19.1. The molecule has 0 aliphatic heterocycles. The number of carbonyl (C=O) groups is 2. The van der Waals surface area contributed by atoms with Crippen molar-refractivity contribution in [2.45, 2.75) is 38.7 Å². The van der Waals surface area contributed by atoms with E-state index in [-0.39, 0.29) is 30.0 Å². The Morgan fingerprint density at radius 3 is 2.25 bits per heavy atom. The summed E-state index contributed by atoms with van der Waals surface area (Å²) in [6.45, 7) is 0.626. The van der Waals surface area contributed by atoms with Crippen molar-refractivity contribution in [2.24, 2.45) is 11.8 Å². The fourth-order valence-corrected chi connectivity index (χ4v) is 4.19. The van der Waals surface area contributed by atoms with Gasteiger partial charge in [0.15, 0.2) is 0 Å². The Kier molecular flexibility index (Phi) is 7.82. The lowest BCUT2D eigenvalue weighted by Gasteiger charge is -2.25. The number of rotatable bonds is 7. The number of hydrogen-bond acceptors (Lipinski definition) is 3. The summed E-state index contributed by atoms with van der Waals surface area (Å²) in [6, 6.07) is 13.1. The molecular formula is C23H24BrF3N2O3. The summed E-state index contributed by atoms with van der Waals surface area (Å²) >= 11 is 3.37. The molecule has 0 aromatic heterocycles. The van der Waals surface area contributed by atoms with E-state index in [0.29, 0.717) is 24.9 Å². The van der Waals surface area contributed by atoms with Crippen molar-refractivity contribution < 1.29 is 27.5 Å². The number of nitrogens with zero attached hydrogens (tertiary/aromatic N) is 1. The molecule has 2 aromatic rings. The summed E-state index contributed by atoms with van der Waals surface area (Å²) in [5.41, 5.74) is 1.64. The van der Waals surface area contributed by atoms with E-state index in [1.165, 1.54) is 29.2 Å². The van der Waals surface area contributed by atoms with Gasteiger partial charge in [0, 0.05) is 36.4 Å². The first-order valence-electron chi connectivity index (χ1n) is 10.2. The average Bonchev–Trinajstić information content (AvgIpc) is 3.23. The van der Waals surface area contributed by atoms with Crippen molar-refractivity contribution in [3.63, 3.8) is 0 Å². The second-order valence-electron chi connectivity index (χ2n) is 7.87. The smallest absolute Gasteiger partial charge is 0.406 e. The molecule has 0 saturated heterocycles. The van der Waals surface area contributed by atoms with Crippen molar-refractivity contribution in [1.82, 2.24) is 10.2 Å². The van der Waals surface area contributed by atoms with Gasteiger partial charge < -0.3 is 15.0 Å². The lowest BCUT2D eigenvalue weighted by Crippen LogP contribution is -2.40. The quantitative estimate of drug-likeness (QED) is 0.565. The predicted molar refractivity (Wildman–Crippen MR) is 116 cm³/mol. The Balaban J connectivity index is 1.55. The molecule has 32 heavy (non-hydrogen) atoms. The number of hydrogen-bond donors (Lipinski definition) is 1. The average molecular weight is 513 g/mol. The number of ether oxygens (including phenoxy) is 1. The highest BCUT2D eigenvalue weighted by molar-refractivity contribution is 9.10. The number of benzene rings is 2. The normalized spacial score (nSPS) is 18.3. The minimum Gasteiger partial charge on any atom is -0.406 e. The fraction of sp³-hybridized carbons (Fsp3) is 0.391. The Hall–Kier alpha value is -2.55. The highest BCUT2D eigenvalue weighted by Gasteiger charge is 2.39. The third-order valence-corrected chi connectivity index (χ3v) is 6.03. The molecule has 1 fully saturated rings. The molecule has 2 amide bonds. The first kappa shape index (κ1) is 24.1. The summed E-state index contributed by atoms with van der Waals surface area (Å²) in [6.07, 6.45) is -2.66. The first-order chi connectivity index (χ1) is 15.1. The van der Waals surface area contributed by atoms with Crippen LogP contribution in [0.1, 0.15) is 30.4 Å². The molecule has 1 N–H and O–H groups in total. The molecule has 0 radical (unpaired) electrons. The van der Waals surface area contributed by atoms with Crippen molar-refractivity contribution in [3.05, 3.63) is 64.1 Å². The maximum Gasteiger partial charge on any atom is 0.573 e. The van der Waals surface area contributed by atoms with Crippen LogP contribution < -0.4 is 10.1 Å². The molecule has 0 unspecified atom stereocenters. The number of amides is 2. The van der Waals surface area contributed by atoms with E-state index < -0.39 is 12.3 Å². The zero-order valence-electron chi connectivity index (χ0n) is 17.5. The number of alkyl halides is 3. The van der Waals surface area contributed by atoms with Gasteiger partial charge in [-0.3, -0.25) is 9.59 Å². The Labute approximate surface area is 193 Å². The van der Waals surface area contributed by atoms with E-state index in [1.807, 2.05) is 24.3 Å². The maximum atomic E-state index is 13.0. The molecule has 0 bridgehead atoms. The zero-order chi connectivity index (χ0) is 23.3. The third kappa shape index (κ3) is 6.72. The van der Waals surface area contributed by atoms with Crippen LogP contribution >= 0.6 is 15.9 Å². The van der Waals surface area contributed by atoms with Crippen molar-refractivity contribution in [2.75, 3.05) is 7.05 Å². The minimum absolute atomic E-state index is 0.133. The molecule has 9 heteroatoms. The van der Waals surface area contributed by atoms with Crippen LogP contribution in [-0.2, 0) is 22.7 Å². The van der Waals surface area contributed by atoms with Gasteiger partial charge in [0.2, 0.25) is 11.8 Å². The summed E-state index contributed by atoms with van der Waals surface area (Å²) in [5.74, 6) is -1.37. The summed E-state index contributed by atoms with van der Waals surface area (Å²) < 4.78 is 41.7. The van der Waals surface area contributed by atoms with Gasteiger partial charge in [-0.25, -0.2) is 0 Å². The van der Waals surface area contributed by atoms with Crippen LogP contribution in [0.3, 0.4) is 0 Å². The predicted octanol–water partition coefficient (Wildman–Crippen LogP) is 5.04. The van der Waals surface area contributed by atoms with Crippen LogP contribution in [0.4, 0.5) is 13.2 Å². The van der Waals surface area contributed by atoms with Crippen molar-refractivity contribution in [3.8, 4) is 5.75 Å². The standard InChI is InChI=1S/C23H24BrF3N2O3/c1-29(14-16-7-11-18(12-8-16)32-23(25,26)27)22(31)20-4-2-3-19(20)21(30)28-13-15-5-9-17(24)10-6-15/h5-12,19-20H,2-4,13-14H2,1H3,(H,28,30)/t19-,20-/m1/s1. The highest BCUT2D eigenvalue weighted by Crippen LogP contribution is 2.33. The molecule has 172 valence electrons. The minimum atomic E-state index is -4.75. The van der Waals surface area contributed by atoms with Crippen molar-refractivity contribution in [1.29, 1.82) is 0 Å². The second-order valence-corrected chi connectivity index (χ2v) is 8.79. The SMILES string of the molecule is CN(Cc1ccc(OC(F)(F)F)cc1)C(=O)[C@@H]1CCC[C@H]1C(=O)NCc1ccc(Br)cc1. The summed E-state index contributed by atoms with van der Waals surface area (Å²) in [5, 5.41) is 2.93. The van der Waals surface area contributed by atoms with Gasteiger partial charge >= 0.3 is 6.36 Å². The monoisotopic (exact) mass is 512 g/mol. The molecule has 0 spiro atoms. The van der Waals surface area contributed by atoms with Gasteiger partial charge in [-0.15, -0.1) is 13.2 Å². The van der Waals surface area contributed by atoms with E-state index in [1.54, 1.807) is 7.05 Å². The van der Waals surface area contributed by atoms with Crippen LogP contribution in [0.15, 0.2) is 53.0 Å². The van der Waals surface area contributed by atoms with Gasteiger partial charge in [-0.05, 0) is 48.2 Å². The molecule has 2 atom stereocenters. The van der Waals surface area contributed by atoms with E-state index in [0.717, 1.165) is 16.5 Å². The molecule has 1 aliphatic carbocycles. The number of carbonyl (C=O) groups excluding carboxylic acids is 2. The molecule has 3 rings (SSSR count). The van der Waals surface area contributed by atoms with Crippen LogP contribution in [-0.4, -0.2) is 30.1 Å². The first-order valence-corrected chi connectivity index (χ1v) is 11.0. The fourth-order valence-electron chi connectivity index (χ4n) is 3.92. The second kappa shape index (κ2) is 10.4. The highest BCUT2D eigenvalue weighted by atomic mass is 79.9. The maximum absolute atomic E-state index is 13.0. The summed E-state index contributed by atoms with van der Waals surface area (Å²) in [4.78, 5) is 27.3. The molecular weight excluding hydrogens is 489 g/mol. The lowest BCUT2D eigenvalue weighted by atomic mass is 9.93. The van der Waals surface area contributed by atoms with Gasteiger partial charge in [-0.2, -0.15) is 0 Å². The Morgan fingerprint density at radius 2 is 1.62 bits per heavy atom. The van der Waals surface area contributed by atoms with Crippen LogP contribution in [0.5, 0.6) is 5.75 Å².